The highest BCUT2D eigenvalue weighted by Crippen LogP contribution is 2.30. The Morgan fingerprint density at radius 2 is 1.86 bits per heavy atom. The first-order valence-corrected chi connectivity index (χ1v) is 7.27. The summed E-state index contributed by atoms with van der Waals surface area (Å²) in [5.41, 5.74) is -0.0743. The summed E-state index contributed by atoms with van der Waals surface area (Å²) in [6.07, 6.45) is -3.35. The standard InChI is InChI=1S/C15H22F3N3/c1-20-8-10-21(11-9-20)7-3-6-19-14-5-2-4-13(12-14)15(16,17)18/h2,4-5,12,19H,3,6-11H2,1H3. The summed E-state index contributed by atoms with van der Waals surface area (Å²) in [6, 6.07) is 5.36. The van der Waals surface area contributed by atoms with Crippen LogP contribution < -0.4 is 5.32 Å². The van der Waals surface area contributed by atoms with Gasteiger partial charge in [-0.15, -0.1) is 0 Å². The molecule has 0 bridgehead atoms. The van der Waals surface area contributed by atoms with Gasteiger partial charge in [0.15, 0.2) is 0 Å². The maximum absolute atomic E-state index is 12.6. The van der Waals surface area contributed by atoms with E-state index in [0.29, 0.717) is 12.2 Å². The first-order valence-electron chi connectivity index (χ1n) is 7.27. The summed E-state index contributed by atoms with van der Waals surface area (Å²) in [6.45, 7) is 5.98. The number of nitrogens with zero attached hydrogens (tertiary/aromatic N) is 2. The van der Waals surface area contributed by atoms with Crippen LogP contribution in [0.4, 0.5) is 18.9 Å². The molecule has 3 nitrogen and oxygen atoms in total. The summed E-state index contributed by atoms with van der Waals surface area (Å²) in [5.74, 6) is 0. The fourth-order valence-corrected chi connectivity index (χ4v) is 2.41. The lowest BCUT2D eigenvalue weighted by Gasteiger charge is -2.32. The molecule has 0 aliphatic carbocycles. The number of benzene rings is 1. The number of halogens is 3. The van der Waals surface area contributed by atoms with Crippen LogP contribution in [0.1, 0.15) is 12.0 Å². The minimum atomic E-state index is -4.28. The van der Waals surface area contributed by atoms with E-state index in [-0.39, 0.29) is 0 Å². The number of rotatable bonds is 5. The Morgan fingerprint density at radius 1 is 1.14 bits per heavy atom. The fraction of sp³-hybridized carbons (Fsp3) is 0.600. The Bertz CT molecular complexity index is 440. The molecule has 1 aliphatic rings. The smallest absolute Gasteiger partial charge is 0.385 e. The zero-order valence-electron chi connectivity index (χ0n) is 12.3. The highest BCUT2D eigenvalue weighted by Gasteiger charge is 2.30. The highest BCUT2D eigenvalue weighted by molar-refractivity contribution is 5.46. The molecular weight excluding hydrogens is 279 g/mol. The van der Waals surface area contributed by atoms with Crippen molar-refractivity contribution in [1.29, 1.82) is 0 Å². The van der Waals surface area contributed by atoms with Gasteiger partial charge >= 0.3 is 6.18 Å². The second-order valence-electron chi connectivity index (χ2n) is 5.50. The van der Waals surface area contributed by atoms with Gasteiger partial charge in [-0.2, -0.15) is 13.2 Å². The van der Waals surface area contributed by atoms with Crippen LogP contribution in [0.3, 0.4) is 0 Å². The van der Waals surface area contributed by atoms with E-state index in [1.165, 1.54) is 6.07 Å². The summed E-state index contributed by atoms with van der Waals surface area (Å²) in [5, 5.41) is 3.07. The predicted molar refractivity (Wildman–Crippen MR) is 78.5 cm³/mol. The van der Waals surface area contributed by atoms with Gasteiger partial charge in [-0.3, -0.25) is 0 Å². The minimum Gasteiger partial charge on any atom is -0.385 e. The van der Waals surface area contributed by atoms with Gasteiger partial charge in [0, 0.05) is 38.4 Å². The normalized spacial score (nSPS) is 17.9. The number of hydrogen-bond acceptors (Lipinski definition) is 3. The number of hydrogen-bond donors (Lipinski definition) is 1. The molecule has 21 heavy (non-hydrogen) atoms. The molecular formula is C15H22F3N3. The summed E-state index contributed by atoms with van der Waals surface area (Å²) in [7, 11) is 2.12. The highest BCUT2D eigenvalue weighted by atomic mass is 19.4. The van der Waals surface area contributed by atoms with Crippen molar-refractivity contribution in [3.63, 3.8) is 0 Å². The molecule has 1 heterocycles. The van der Waals surface area contributed by atoms with Crippen molar-refractivity contribution in [2.24, 2.45) is 0 Å². The molecule has 1 fully saturated rings. The van der Waals surface area contributed by atoms with Gasteiger partial charge in [-0.05, 0) is 38.2 Å². The van der Waals surface area contributed by atoms with Crippen molar-refractivity contribution in [3.8, 4) is 0 Å². The summed E-state index contributed by atoms with van der Waals surface area (Å²) in [4.78, 5) is 4.70. The average Bonchev–Trinajstić information content (AvgIpc) is 2.45. The van der Waals surface area contributed by atoms with Crippen LogP contribution in [-0.4, -0.2) is 56.1 Å². The van der Waals surface area contributed by atoms with Crippen molar-refractivity contribution in [2.75, 3.05) is 51.6 Å². The molecule has 1 saturated heterocycles. The molecule has 1 aromatic rings. The second-order valence-corrected chi connectivity index (χ2v) is 5.50. The van der Waals surface area contributed by atoms with Crippen molar-refractivity contribution in [3.05, 3.63) is 29.8 Å². The number of alkyl halides is 3. The third kappa shape index (κ3) is 5.21. The van der Waals surface area contributed by atoms with E-state index in [1.807, 2.05) is 0 Å². The van der Waals surface area contributed by atoms with Crippen LogP contribution in [0, 0.1) is 0 Å². The number of likely N-dealkylation sites (N-methyl/N-ethyl adjacent to an activating group) is 1. The zero-order chi connectivity index (χ0) is 15.3. The lowest BCUT2D eigenvalue weighted by Crippen LogP contribution is -2.44. The van der Waals surface area contributed by atoms with E-state index in [4.69, 9.17) is 0 Å². The monoisotopic (exact) mass is 301 g/mol. The molecule has 0 amide bonds. The first-order chi connectivity index (χ1) is 9.95. The van der Waals surface area contributed by atoms with Crippen LogP contribution in [0.15, 0.2) is 24.3 Å². The van der Waals surface area contributed by atoms with Crippen molar-refractivity contribution < 1.29 is 13.2 Å². The zero-order valence-corrected chi connectivity index (χ0v) is 12.3. The van der Waals surface area contributed by atoms with Gasteiger partial charge in [0.05, 0.1) is 5.56 Å². The van der Waals surface area contributed by atoms with E-state index in [1.54, 1.807) is 6.07 Å². The third-order valence-corrected chi connectivity index (χ3v) is 3.77. The molecule has 1 N–H and O–H groups in total. The number of nitrogens with one attached hydrogen (secondary N) is 1. The molecule has 6 heteroatoms. The topological polar surface area (TPSA) is 18.5 Å². The Morgan fingerprint density at radius 3 is 2.52 bits per heavy atom. The Labute approximate surface area is 123 Å². The summed E-state index contributed by atoms with van der Waals surface area (Å²) < 4.78 is 37.8. The van der Waals surface area contributed by atoms with E-state index in [0.717, 1.165) is 51.3 Å². The molecule has 0 spiro atoms. The molecule has 0 aromatic heterocycles. The van der Waals surface area contributed by atoms with Gasteiger partial charge in [0.25, 0.3) is 0 Å². The summed E-state index contributed by atoms with van der Waals surface area (Å²) >= 11 is 0. The van der Waals surface area contributed by atoms with Gasteiger partial charge in [0.2, 0.25) is 0 Å². The van der Waals surface area contributed by atoms with Gasteiger partial charge in [-0.25, -0.2) is 0 Å². The van der Waals surface area contributed by atoms with E-state index >= 15 is 0 Å². The maximum atomic E-state index is 12.6. The molecule has 0 atom stereocenters. The van der Waals surface area contributed by atoms with Crippen LogP contribution in [-0.2, 0) is 6.18 Å². The second kappa shape index (κ2) is 7.13. The molecule has 0 saturated carbocycles. The maximum Gasteiger partial charge on any atom is 0.416 e. The van der Waals surface area contributed by atoms with Crippen LogP contribution in [0.5, 0.6) is 0 Å². The van der Waals surface area contributed by atoms with Gasteiger partial charge in [0.1, 0.15) is 0 Å². The number of piperazine rings is 1. The predicted octanol–water partition coefficient (Wildman–Crippen LogP) is 2.75. The van der Waals surface area contributed by atoms with Crippen molar-refractivity contribution >= 4 is 5.69 Å². The lowest BCUT2D eigenvalue weighted by molar-refractivity contribution is -0.137. The minimum absolute atomic E-state index is 0.531. The van der Waals surface area contributed by atoms with Crippen LogP contribution >= 0.6 is 0 Å². The van der Waals surface area contributed by atoms with E-state index < -0.39 is 11.7 Å². The lowest BCUT2D eigenvalue weighted by atomic mass is 10.2. The average molecular weight is 301 g/mol. The Balaban J connectivity index is 1.71. The SMILES string of the molecule is CN1CCN(CCCNc2cccc(C(F)(F)F)c2)CC1. The largest absolute Gasteiger partial charge is 0.416 e. The molecule has 0 radical (unpaired) electrons. The Hall–Kier alpha value is -1.27. The van der Waals surface area contributed by atoms with Crippen molar-refractivity contribution in [2.45, 2.75) is 12.6 Å². The van der Waals surface area contributed by atoms with Gasteiger partial charge < -0.3 is 15.1 Å². The van der Waals surface area contributed by atoms with Gasteiger partial charge in [-0.1, -0.05) is 6.07 Å². The molecule has 1 aromatic carbocycles. The fourth-order valence-electron chi connectivity index (χ4n) is 2.41. The third-order valence-electron chi connectivity index (χ3n) is 3.77. The van der Waals surface area contributed by atoms with Crippen LogP contribution in [0.25, 0.3) is 0 Å². The quantitative estimate of drug-likeness (QED) is 0.844. The molecule has 118 valence electrons. The number of anilines is 1. The van der Waals surface area contributed by atoms with E-state index in [2.05, 4.69) is 22.2 Å². The Kier molecular flexibility index (Phi) is 5.47. The van der Waals surface area contributed by atoms with Crippen LogP contribution in [0.2, 0.25) is 0 Å². The molecule has 0 unspecified atom stereocenters. The van der Waals surface area contributed by atoms with E-state index in [9.17, 15) is 13.2 Å². The first kappa shape index (κ1) is 16.1. The molecule has 2 rings (SSSR count). The molecule has 1 aliphatic heterocycles. The van der Waals surface area contributed by atoms with Crippen molar-refractivity contribution in [1.82, 2.24) is 9.80 Å².